The third kappa shape index (κ3) is 6.30. The van der Waals surface area contributed by atoms with E-state index in [2.05, 4.69) is 40.6 Å². The van der Waals surface area contributed by atoms with E-state index in [1.807, 2.05) is 23.2 Å². The monoisotopic (exact) mass is 535 g/mol. The third-order valence-electron chi connectivity index (χ3n) is 7.19. The summed E-state index contributed by atoms with van der Waals surface area (Å²) in [5, 5.41) is 23.5. The van der Waals surface area contributed by atoms with E-state index in [0.29, 0.717) is 19.5 Å². The van der Waals surface area contributed by atoms with Crippen LogP contribution in [0.3, 0.4) is 0 Å². The minimum absolute atomic E-state index is 0.0612. The van der Waals surface area contributed by atoms with Crippen LogP contribution in [0.25, 0.3) is 16.7 Å². The zero-order valence-corrected chi connectivity index (χ0v) is 22.4. The topological polar surface area (TPSA) is 120 Å². The van der Waals surface area contributed by atoms with Crippen LogP contribution in [-0.4, -0.2) is 71.3 Å². The molecule has 0 saturated heterocycles. The van der Waals surface area contributed by atoms with Crippen LogP contribution in [0.2, 0.25) is 0 Å². The van der Waals surface area contributed by atoms with Crippen LogP contribution < -0.4 is 5.32 Å². The molecule has 1 aromatic heterocycles. The number of nitrogens with one attached hydrogen (secondary N) is 1. The molecule has 3 N–H and O–H groups in total. The Morgan fingerprint density at radius 3 is 2.39 bits per heavy atom. The Labute approximate surface area is 223 Å². The normalized spacial score (nSPS) is 16.8. The van der Waals surface area contributed by atoms with Gasteiger partial charge in [0.05, 0.1) is 10.3 Å². The van der Waals surface area contributed by atoms with E-state index in [0.717, 1.165) is 22.9 Å². The molecule has 200 valence electrons. The molecular formula is C29H33N3O5S. The molecule has 1 amide bonds. The molecule has 8 nitrogen and oxygen atoms in total. The molecule has 3 aromatic rings. The number of hydrogen-bond donors (Lipinski definition) is 3. The lowest BCUT2D eigenvalue weighted by Crippen LogP contribution is -2.51. The molecule has 38 heavy (non-hydrogen) atoms. The van der Waals surface area contributed by atoms with Crippen LogP contribution in [0, 0.1) is 0 Å². The first-order valence-electron chi connectivity index (χ1n) is 12.5. The minimum atomic E-state index is -3.65. The van der Waals surface area contributed by atoms with Crippen molar-refractivity contribution < 1.29 is 23.4 Å². The maximum Gasteiger partial charge on any atom is 0.255 e. The van der Waals surface area contributed by atoms with Gasteiger partial charge < -0.3 is 15.5 Å². The predicted octanol–water partition coefficient (Wildman–Crippen LogP) is 3.49. The van der Waals surface area contributed by atoms with Gasteiger partial charge in [-0.1, -0.05) is 48.5 Å². The first-order valence-corrected chi connectivity index (χ1v) is 14.3. The van der Waals surface area contributed by atoms with Crippen molar-refractivity contribution in [2.45, 2.75) is 30.7 Å². The van der Waals surface area contributed by atoms with Crippen molar-refractivity contribution in [3.05, 3.63) is 90.3 Å². The summed E-state index contributed by atoms with van der Waals surface area (Å²) in [6, 6.07) is 18.3. The summed E-state index contributed by atoms with van der Waals surface area (Å²) in [5.74, 6) is -0.763. The van der Waals surface area contributed by atoms with Gasteiger partial charge in [0.25, 0.3) is 5.91 Å². The van der Waals surface area contributed by atoms with E-state index in [1.165, 1.54) is 24.6 Å². The number of pyridine rings is 1. The fourth-order valence-electron chi connectivity index (χ4n) is 4.53. The molecule has 2 atom stereocenters. The zero-order valence-electron chi connectivity index (χ0n) is 21.5. The van der Waals surface area contributed by atoms with Gasteiger partial charge in [-0.2, -0.15) is 0 Å². The van der Waals surface area contributed by atoms with Crippen molar-refractivity contribution in [2.75, 3.05) is 25.9 Å². The highest BCUT2D eigenvalue weighted by Crippen LogP contribution is 2.29. The lowest BCUT2D eigenvalue weighted by molar-refractivity contribution is -0.00246. The van der Waals surface area contributed by atoms with Crippen molar-refractivity contribution >= 4 is 21.3 Å². The molecule has 9 heteroatoms. The summed E-state index contributed by atoms with van der Waals surface area (Å²) in [4.78, 5) is 18.6. The number of hydrogen-bond acceptors (Lipinski definition) is 7. The van der Waals surface area contributed by atoms with Gasteiger partial charge in [0.1, 0.15) is 12.0 Å². The number of aromatic nitrogens is 1. The molecule has 0 fully saturated rings. The highest BCUT2D eigenvalue weighted by Gasteiger charge is 2.40. The molecule has 0 aliphatic carbocycles. The van der Waals surface area contributed by atoms with E-state index in [-0.39, 0.29) is 24.3 Å². The fraction of sp³-hybridized carbons (Fsp3) is 0.310. The number of nitrogens with zero attached hydrogens (tertiary/aromatic N) is 2. The molecule has 1 aliphatic heterocycles. The summed E-state index contributed by atoms with van der Waals surface area (Å²) in [6.45, 7) is 2.37. The SMILES string of the molecule is CC(CNC(=O)c1ccccc1O)(CC(O)N1CC=C(c2ccc(-c3cccnc3)cc2)CC1)S(C)(=O)=O. The standard InChI is InChI=1S/C29H33N3O5S/c1-29(38(2,36)37,20-31-28(35)25-7-3-4-8-26(25)33)18-27(34)32-16-13-23(14-17-32)21-9-11-22(12-10-21)24-6-5-15-30-19-24/h3-13,15,19,27,33-34H,14,16-18,20H2,1-2H3,(H,31,35). The van der Waals surface area contributed by atoms with Crippen molar-refractivity contribution in [1.29, 1.82) is 0 Å². The molecule has 0 saturated carbocycles. The number of aliphatic hydroxyl groups is 1. The molecule has 4 rings (SSSR count). The Kier molecular flexibility index (Phi) is 8.30. The van der Waals surface area contributed by atoms with Crippen molar-refractivity contribution in [3.63, 3.8) is 0 Å². The van der Waals surface area contributed by atoms with Crippen LogP contribution in [0.15, 0.2) is 79.1 Å². The highest BCUT2D eigenvalue weighted by atomic mass is 32.2. The number of benzene rings is 2. The second-order valence-electron chi connectivity index (χ2n) is 9.90. The first-order chi connectivity index (χ1) is 18.1. The quantitative estimate of drug-likeness (QED) is 0.384. The van der Waals surface area contributed by atoms with Crippen LogP contribution in [0.4, 0.5) is 0 Å². The number of phenols is 1. The number of sulfone groups is 1. The van der Waals surface area contributed by atoms with E-state index in [9.17, 15) is 23.4 Å². The van der Waals surface area contributed by atoms with E-state index < -0.39 is 26.7 Å². The number of carbonyl (C=O) groups is 1. The number of amides is 1. The lowest BCUT2D eigenvalue weighted by atomic mass is 9.96. The Bertz CT molecular complexity index is 1410. The van der Waals surface area contributed by atoms with E-state index in [4.69, 9.17) is 0 Å². The molecule has 0 bridgehead atoms. The Morgan fingerprint density at radius 1 is 1.08 bits per heavy atom. The maximum absolute atomic E-state index is 12.7. The Hall–Kier alpha value is -3.53. The summed E-state index contributed by atoms with van der Waals surface area (Å²) in [7, 11) is -3.65. The average Bonchev–Trinajstić information content (AvgIpc) is 2.92. The number of aliphatic hydroxyl groups excluding tert-OH is 1. The van der Waals surface area contributed by atoms with Gasteiger partial charge in [0.15, 0.2) is 9.84 Å². The van der Waals surface area contributed by atoms with Gasteiger partial charge in [-0.15, -0.1) is 0 Å². The van der Waals surface area contributed by atoms with Crippen LogP contribution >= 0.6 is 0 Å². The number of aromatic hydroxyl groups is 1. The highest BCUT2D eigenvalue weighted by molar-refractivity contribution is 7.92. The van der Waals surface area contributed by atoms with Gasteiger partial charge in [-0.05, 0) is 53.8 Å². The summed E-state index contributed by atoms with van der Waals surface area (Å²) >= 11 is 0. The number of rotatable bonds is 9. The smallest absolute Gasteiger partial charge is 0.255 e. The second kappa shape index (κ2) is 11.5. The number of para-hydroxylation sites is 1. The fourth-order valence-corrected chi connectivity index (χ4v) is 5.31. The molecule has 2 unspecified atom stereocenters. The predicted molar refractivity (Wildman–Crippen MR) is 148 cm³/mol. The summed E-state index contributed by atoms with van der Waals surface area (Å²) < 4.78 is 24.0. The first kappa shape index (κ1) is 27.5. The zero-order chi connectivity index (χ0) is 27.3. The Morgan fingerprint density at radius 2 is 1.79 bits per heavy atom. The molecule has 2 aromatic carbocycles. The van der Waals surface area contributed by atoms with Gasteiger partial charge >= 0.3 is 0 Å². The number of carbonyl (C=O) groups excluding carboxylic acids is 1. The van der Waals surface area contributed by atoms with Gasteiger partial charge in [0, 0.05) is 44.7 Å². The van der Waals surface area contributed by atoms with Crippen molar-refractivity contribution in [3.8, 4) is 16.9 Å². The molecule has 2 heterocycles. The van der Waals surface area contributed by atoms with Crippen molar-refractivity contribution in [2.24, 2.45) is 0 Å². The van der Waals surface area contributed by atoms with E-state index >= 15 is 0 Å². The molecule has 0 spiro atoms. The minimum Gasteiger partial charge on any atom is -0.507 e. The maximum atomic E-state index is 12.7. The van der Waals surface area contributed by atoms with Crippen LogP contribution in [0.5, 0.6) is 5.75 Å². The molecule has 1 aliphatic rings. The largest absolute Gasteiger partial charge is 0.507 e. The van der Waals surface area contributed by atoms with Crippen molar-refractivity contribution in [1.82, 2.24) is 15.2 Å². The molecular weight excluding hydrogens is 502 g/mol. The van der Waals surface area contributed by atoms with E-state index in [1.54, 1.807) is 18.3 Å². The van der Waals surface area contributed by atoms with Gasteiger partial charge in [-0.3, -0.25) is 14.7 Å². The second-order valence-corrected chi connectivity index (χ2v) is 12.4. The van der Waals surface area contributed by atoms with Gasteiger partial charge in [-0.25, -0.2) is 8.42 Å². The Balaban J connectivity index is 1.39. The molecule has 0 radical (unpaired) electrons. The summed E-state index contributed by atoms with van der Waals surface area (Å²) in [6.07, 6.45) is 6.37. The van der Waals surface area contributed by atoms with Gasteiger partial charge in [0.2, 0.25) is 0 Å². The third-order valence-corrected chi connectivity index (χ3v) is 9.30. The van der Waals surface area contributed by atoms with Crippen LogP contribution in [0.1, 0.15) is 35.7 Å². The van der Waals surface area contributed by atoms with Crippen LogP contribution in [-0.2, 0) is 9.84 Å². The summed E-state index contributed by atoms with van der Waals surface area (Å²) in [5.41, 5.74) is 4.49. The number of phenolic OH excluding ortho intramolecular Hbond substituents is 1. The lowest BCUT2D eigenvalue weighted by Gasteiger charge is -2.36. The average molecular weight is 536 g/mol.